The average molecular weight is 375 g/mol. The number of hydrogen-bond donors (Lipinski definition) is 3. The van der Waals surface area contributed by atoms with Crippen molar-refractivity contribution in [3.05, 3.63) is 28.2 Å². The van der Waals surface area contributed by atoms with Crippen molar-refractivity contribution in [2.75, 3.05) is 16.8 Å². The molecule has 21 heavy (non-hydrogen) atoms. The molecular weight excluding hydrogens is 360 g/mol. The van der Waals surface area contributed by atoms with Gasteiger partial charge < -0.3 is 15.7 Å². The summed E-state index contributed by atoms with van der Waals surface area (Å²) >= 11 is 3.27. The lowest BCUT2D eigenvalue weighted by Crippen LogP contribution is -2.41. The molecule has 1 aromatic rings. The highest BCUT2D eigenvalue weighted by Crippen LogP contribution is 2.23. The second kappa shape index (κ2) is 7.04. The number of rotatable bonds is 3. The Morgan fingerprint density at radius 3 is 2.57 bits per heavy atom. The van der Waals surface area contributed by atoms with Crippen molar-refractivity contribution in [1.82, 2.24) is 5.32 Å². The maximum absolute atomic E-state index is 11.9. The standard InChI is InChI=1S/C13H15BrN2O4S/c14-10-2-1-8(12(17)18)7-11(10)16-13(19)15-9-3-5-21(20)6-4-9/h1-2,7,9H,3-6H2,(H,17,18)(H2,15,16,19). The summed E-state index contributed by atoms with van der Waals surface area (Å²) in [6.07, 6.45) is 1.38. The number of nitrogens with one attached hydrogen (secondary N) is 2. The molecule has 0 spiro atoms. The summed E-state index contributed by atoms with van der Waals surface area (Å²) in [6.45, 7) is 0. The molecule has 1 fully saturated rings. The van der Waals surface area contributed by atoms with Crippen LogP contribution < -0.4 is 10.6 Å². The van der Waals surface area contributed by atoms with Crippen molar-refractivity contribution >= 4 is 44.4 Å². The van der Waals surface area contributed by atoms with Crippen LogP contribution in [0, 0.1) is 0 Å². The summed E-state index contributed by atoms with van der Waals surface area (Å²) in [6, 6.07) is 4.02. The van der Waals surface area contributed by atoms with E-state index in [9.17, 15) is 13.8 Å². The molecule has 2 amide bonds. The molecule has 0 atom stereocenters. The molecule has 1 aromatic carbocycles. The summed E-state index contributed by atoms with van der Waals surface area (Å²) < 4.78 is 11.9. The lowest BCUT2D eigenvalue weighted by atomic mass is 10.1. The first-order chi connectivity index (χ1) is 9.95. The number of halogens is 1. The van der Waals surface area contributed by atoms with E-state index in [1.54, 1.807) is 6.07 Å². The molecule has 0 radical (unpaired) electrons. The fraction of sp³-hybridized carbons (Fsp3) is 0.385. The number of anilines is 1. The number of urea groups is 1. The minimum Gasteiger partial charge on any atom is -0.478 e. The number of aromatic carboxylic acids is 1. The van der Waals surface area contributed by atoms with Gasteiger partial charge in [0.1, 0.15) is 0 Å². The molecule has 3 N–H and O–H groups in total. The molecule has 114 valence electrons. The van der Waals surface area contributed by atoms with Gasteiger partial charge in [-0.3, -0.25) is 4.21 Å². The first kappa shape index (κ1) is 16.0. The van der Waals surface area contributed by atoms with Crippen molar-refractivity contribution in [1.29, 1.82) is 0 Å². The SMILES string of the molecule is O=C(Nc1cc(C(=O)O)ccc1Br)NC1CCS(=O)CC1. The number of carbonyl (C=O) groups is 2. The predicted octanol–water partition coefficient (Wildman–Crippen LogP) is 2.18. The van der Waals surface area contributed by atoms with Crippen LogP contribution in [0.1, 0.15) is 23.2 Å². The van der Waals surface area contributed by atoms with Crippen LogP contribution in [0.15, 0.2) is 22.7 Å². The second-order valence-corrected chi connectivity index (χ2v) is 7.27. The molecule has 1 aliphatic heterocycles. The van der Waals surface area contributed by atoms with E-state index in [0.29, 0.717) is 34.5 Å². The first-order valence-corrected chi connectivity index (χ1v) is 8.69. The average Bonchev–Trinajstić information content (AvgIpc) is 2.43. The molecule has 0 bridgehead atoms. The Morgan fingerprint density at radius 2 is 1.95 bits per heavy atom. The molecule has 1 aliphatic rings. The van der Waals surface area contributed by atoms with Gasteiger partial charge in [-0.05, 0) is 47.0 Å². The maximum Gasteiger partial charge on any atom is 0.335 e. The van der Waals surface area contributed by atoms with Crippen LogP contribution in [-0.2, 0) is 10.8 Å². The fourth-order valence-corrected chi connectivity index (χ4v) is 3.68. The monoisotopic (exact) mass is 374 g/mol. The third-order valence-corrected chi connectivity index (χ3v) is 5.26. The number of carboxylic acids is 1. The summed E-state index contributed by atoms with van der Waals surface area (Å²) in [4.78, 5) is 22.9. The minimum absolute atomic E-state index is 0.00383. The van der Waals surface area contributed by atoms with Gasteiger partial charge in [0.15, 0.2) is 0 Å². The van der Waals surface area contributed by atoms with E-state index in [-0.39, 0.29) is 11.6 Å². The Morgan fingerprint density at radius 1 is 1.29 bits per heavy atom. The van der Waals surface area contributed by atoms with Crippen LogP contribution in [-0.4, -0.2) is 38.9 Å². The van der Waals surface area contributed by atoms with Crippen LogP contribution in [0.5, 0.6) is 0 Å². The summed E-state index contributed by atoms with van der Waals surface area (Å²) in [5, 5.41) is 14.4. The van der Waals surface area contributed by atoms with E-state index >= 15 is 0 Å². The van der Waals surface area contributed by atoms with Gasteiger partial charge in [-0.15, -0.1) is 0 Å². The largest absolute Gasteiger partial charge is 0.478 e. The zero-order valence-electron chi connectivity index (χ0n) is 11.1. The maximum atomic E-state index is 11.9. The number of amides is 2. The van der Waals surface area contributed by atoms with Crippen LogP contribution >= 0.6 is 15.9 Å². The molecule has 0 aliphatic carbocycles. The van der Waals surface area contributed by atoms with E-state index in [1.165, 1.54) is 12.1 Å². The van der Waals surface area contributed by atoms with Gasteiger partial charge in [-0.2, -0.15) is 0 Å². The van der Waals surface area contributed by atoms with Gasteiger partial charge in [-0.25, -0.2) is 9.59 Å². The van der Waals surface area contributed by atoms with Gasteiger partial charge in [-0.1, -0.05) is 0 Å². The van der Waals surface area contributed by atoms with E-state index < -0.39 is 22.8 Å². The molecule has 2 rings (SSSR count). The van der Waals surface area contributed by atoms with Gasteiger partial charge in [0.2, 0.25) is 0 Å². The lowest BCUT2D eigenvalue weighted by molar-refractivity contribution is 0.0697. The number of hydrogen-bond acceptors (Lipinski definition) is 3. The van der Waals surface area contributed by atoms with Crippen molar-refractivity contribution in [2.45, 2.75) is 18.9 Å². The summed E-state index contributed by atoms with van der Waals surface area (Å²) in [7, 11) is -0.770. The quantitative estimate of drug-likeness (QED) is 0.755. The Labute approximate surface area is 132 Å². The smallest absolute Gasteiger partial charge is 0.335 e. The first-order valence-electron chi connectivity index (χ1n) is 6.41. The topological polar surface area (TPSA) is 95.5 Å². The van der Waals surface area contributed by atoms with Crippen molar-refractivity contribution in [3.8, 4) is 0 Å². The Balaban J connectivity index is 1.97. The number of carbonyl (C=O) groups excluding carboxylic acids is 1. The van der Waals surface area contributed by atoms with Crippen LogP contribution in [0.2, 0.25) is 0 Å². The molecule has 6 nitrogen and oxygen atoms in total. The number of carboxylic acid groups (broad SMARTS) is 1. The van der Waals surface area contributed by atoms with Crippen LogP contribution in [0.4, 0.5) is 10.5 Å². The molecule has 0 unspecified atom stereocenters. The molecule has 1 heterocycles. The third-order valence-electron chi connectivity index (χ3n) is 3.18. The molecular formula is C13H15BrN2O4S. The Hall–Kier alpha value is -1.41. The van der Waals surface area contributed by atoms with Crippen molar-refractivity contribution in [2.24, 2.45) is 0 Å². The highest BCUT2D eigenvalue weighted by atomic mass is 79.9. The van der Waals surface area contributed by atoms with Crippen LogP contribution in [0.3, 0.4) is 0 Å². The van der Waals surface area contributed by atoms with Gasteiger partial charge in [0.25, 0.3) is 0 Å². The zero-order valence-corrected chi connectivity index (χ0v) is 13.5. The van der Waals surface area contributed by atoms with E-state index in [1.807, 2.05) is 0 Å². The van der Waals surface area contributed by atoms with E-state index in [2.05, 4.69) is 26.6 Å². The van der Waals surface area contributed by atoms with Crippen molar-refractivity contribution in [3.63, 3.8) is 0 Å². The van der Waals surface area contributed by atoms with E-state index in [4.69, 9.17) is 5.11 Å². The highest BCUT2D eigenvalue weighted by molar-refractivity contribution is 9.10. The Kier molecular flexibility index (Phi) is 5.35. The Bertz CT molecular complexity index is 584. The van der Waals surface area contributed by atoms with Crippen LogP contribution in [0.25, 0.3) is 0 Å². The number of benzene rings is 1. The molecule has 1 saturated heterocycles. The summed E-state index contributed by atoms with van der Waals surface area (Å²) in [5.41, 5.74) is 0.494. The minimum atomic E-state index is -1.05. The van der Waals surface area contributed by atoms with Gasteiger partial charge in [0.05, 0.1) is 11.3 Å². The van der Waals surface area contributed by atoms with E-state index in [0.717, 1.165) is 0 Å². The summed E-state index contributed by atoms with van der Waals surface area (Å²) in [5.74, 6) is 0.146. The normalized spacial score (nSPS) is 21.6. The molecule has 0 saturated carbocycles. The fourth-order valence-electron chi connectivity index (χ4n) is 2.04. The highest BCUT2D eigenvalue weighted by Gasteiger charge is 2.20. The predicted molar refractivity (Wildman–Crippen MR) is 84.2 cm³/mol. The van der Waals surface area contributed by atoms with Crippen molar-refractivity contribution < 1.29 is 18.9 Å². The molecule has 8 heteroatoms. The van der Waals surface area contributed by atoms with Gasteiger partial charge >= 0.3 is 12.0 Å². The third kappa shape index (κ3) is 4.53. The van der Waals surface area contributed by atoms with Gasteiger partial charge in [0, 0.05) is 32.8 Å². The zero-order chi connectivity index (χ0) is 15.4. The second-order valence-electron chi connectivity index (χ2n) is 4.72. The lowest BCUT2D eigenvalue weighted by Gasteiger charge is -2.22. The molecule has 0 aromatic heterocycles.